The zero-order chi connectivity index (χ0) is 9.14. The molecule has 0 aliphatic rings. The van der Waals surface area contributed by atoms with Crippen LogP contribution in [0.5, 0.6) is 0 Å². The Bertz CT molecular complexity index is 242. The van der Waals surface area contributed by atoms with Crippen LogP contribution in [0, 0.1) is 0 Å². The molecule has 1 rings (SSSR count). The highest BCUT2D eigenvalue weighted by molar-refractivity contribution is 4.88. The second kappa shape index (κ2) is 3.67. The van der Waals surface area contributed by atoms with Gasteiger partial charge >= 0.3 is 0 Å². The van der Waals surface area contributed by atoms with Gasteiger partial charge in [0.05, 0.1) is 0 Å². The first-order valence-electron chi connectivity index (χ1n) is 4.17. The molecule has 4 heteroatoms. The van der Waals surface area contributed by atoms with Crippen molar-refractivity contribution in [3.63, 3.8) is 0 Å². The smallest absolute Gasteiger partial charge is 0.219 e. The lowest BCUT2D eigenvalue weighted by Gasteiger charge is -1.98. The Hall–Kier alpha value is -0.900. The van der Waals surface area contributed by atoms with Gasteiger partial charge in [-0.3, -0.25) is 0 Å². The summed E-state index contributed by atoms with van der Waals surface area (Å²) in [6, 6.07) is 0.0745. The van der Waals surface area contributed by atoms with Gasteiger partial charge in [-0.2, -0.15) is 0 Å². The van der Waals surface area contributed by atoms with E-state index in [2.05, 4.69) is 10.2 Å². The number of rotatable bonds is 3. The van der Waals surface area contributed by atoms with Crippen molar-refractivity contribution in [3.8, 4) is 0 Å². The third-order valence-corrected chi connectivity index (χ3v) is 1.47. The highest BCUT2D eigenvalue weighted by Crippen LogP contribution is 2.12. The molecule has 68 valence electrons. The molecule has 0 aromatic carbocycles. The molecule has 4 nitrogen and oxygen atoms in total. The van der Waals surface area contributed by atoms with Gasteiger partial charge in [0, 0.05) is 18.4 Å². The summed E-state index contributed by atoms with van der Waals surface area (Å²) < 4.78 is 5.35. The normalized spacial score (nSPS) is 13.8. The highest BCUT2D eigenvalue weighted by Gasteiger charge is 2.10. The van der Waals surface area contributed by atoms with Crippen LogP contribution in [0.3, 0.4) is 0 Å². The monoisotopic (exact) mass is 169 g/mol. The lowest BCUT2D eigenvalue weighted by atomic mass is 10.2. The number of nitrogens with two attached hydrogens (primary N) is 1. The fourth-order valence-corrected chi connectivity index (χ4v) is 0.858. The van der Waals surface area contributed by atoms with Crippen LogP contribution in [-0.4, -0.2) is 16.2 Å². The molecule has 0 amide bonds. The van der Waals surface area contributed by atoms with E-state index in [1.807, 2.05) is 20.8 Å². The molecule has 0 spiro atoms. The van der Waals surface area contributed by atoms with Crippen LogP contribution in [0.4, 0.5) is 0 Å². The molecule has 0 radical (unpaired) electrons. The first-order chi connectivity index (χ1) is 5.59. The average Bonchev–Trinajstić information content (AvgIpc) is 2.34. The average molecular weight is 169 g/mol. The van der Waals surface area contributed by atoms with Crippen LogP contribution >= 0.6 is 0 Å². The summed E-state index contributed by atoms with van der Waals surface area (Å²) in [7, 11) is 0. The minimum atomic E-state index is 0.0745. The van der Waals surface area contributed by atoms with Gasteiger partial charge in [0.1, 0.15) is 0 Å². The van der Waals surface area contributed by atoms with Crippen molar-refractivity contribution >= 4 is 0 Å². The van der Waals surface area contributed by atoms with Crippen molar-refractivity contribution < 1.29 is 4.42 Å². The Labute approximate surface area is 72.2 Å². The van der Waals surface area contributed by atoms with Gasteiger partial charge in [0.15, 0.2) is 0 Å². The molecule has 0 aliphatic heterocycles. The van der Waals surface area contributed by atoms with E-state index in [0.29, 0.717) is 24.1 Å². The Morgan fingerprint density at radius 3 is 2.42 bits per heavy atom. The SMILES string of the molecule is CC(N)Cc1nnc(C(C)C)o1. The summed E-state index contributed by atoms with van der Waals surface area (Å²) in [6.07, 6.45) is 0.653. The van der Waals surface area contributed by atoms with Crippen molar-refractivity contribution in [3.05, 3.63) is 11.8 Å². The molecule has 0 saturated carbocycles. The van der Waals surface area contributed by atoms with Crippen LogP contribution in [-0.2, 0) is 6.42 Å². The zero-order valence-electron chi connectivity index (χ0n) is 7.74. The molecule has 0 bridgehead atoms. The lowest BCUT2D eigenvalue weighted by Crippen LogP contribution is -2.17. The summed E-state index contributed by atoms with van der Waals surface area (Å²) in [5.41, 5.74) is 5.58. The molecule has 0 saturated heterocycles. The summed E-state index contributed by atoms with van der Waals surface area (Å²) in [4.78, 5) is 0. The van der Waals surface area contributed by atoms with Crippen LogP contribution in [0.1, 0.15) is 38.5 Å². The number of hydrogen-bond acceptors (Lipinski definition) is 4. The molecule has 0 fully saturated rings. The van der Waals surface area contributed by atoms with Crippen molar-refractivity contribution in [2.24, 2.45) is 5.73 Å². The van der Waals surface area contributed by atoms with E-state index in [1.165, 1.54) is 0 Å². The van der Waals surface area contributed by atoms with Gasteiger partial charge in [-0.15, -0.1) is 10.2 Å². The molecular weight excluding hydrogens is 154 g/mol. The first-order valence-corrected chi connectivity index (χ1v) is 4.17. The summed E-state index contributed by atoms with van der Waals surface area (Å²) >= 11 is 0. The minimum Gasteiger partial charge on any atom is -0.425 e. The molecule has 1 aromatic rings. The standard InChI is InChI=1S/C8H15N3O/c1-5(2)8-11-10-7(12-8)4-6(3)9/h5-6H,4,9H2,1-3H3. The summed E-state index contributed by atoms with van der Waals surface area (Å²) in [5, 5.41) is 7.78. The fraction of sp³-hybridized carbons (Fsp3) is 0.750. The molecule has 2 N–H and O–H groups in total. The Kier molecular flexibility index (Phi) is 2.81. The fourth-order valence-electron chi connectivity index (χ4n) is 0.858. The third-order valence-electron chi connectivity index (χ3n) is 1.47. The molecule has 12 heavy (non-hydrogen) atoms. The molecule has 1 atom stereocenters. The maximum Gasteiger partial charge on any atom is 0.219 e. The maximum absolute atomic E-state index is 5.58. The maximum atomic E-state index is 5.58. The van der Waals surface area contributed by atoms with Crippen LogP contribution in [0.2, 0.25) is 0 Å². The molecular formula is C8H15N3O. The summed E-state index contributed by atoms with van der Waals surface area (Å²) in [5.74, 6) is 1.61. The van der Waals surface area contributed by atoms with Crippen LogP contribution in [0.25, 0.3) is 0 Å². The molecule has 1 unspecified atom stereocenters. The number of aromatic nitrogens is 2. The number of hydrogen-bond donors (Lipinski definition) is 1. The van der Waals surface area contributed by atoms with Crippen LogP contribution < -0.4 is 5.73 Å². The molecule has 0 aliphatic carbocycles. The second-order valence-electron chi connectivity index (χ2n) is 3.37. The van der Waals surface area contributed by atoms with Gasteiger partial charge in [-0.05, 0) is 6.92 Å². The minimum absolute atomic E-state index is 0.0745. The van der Waals surface area contributed by atoms with Gasteiger partial charge in [0.2, 0.25) is 11.8 Å². The van der Waals surface area contributed by atoms with Gasteiger partial charge in [0.25, 0.3) is 0 Å². The van der Waals surface area contributed by atoms with E-state index in [4.69, 9.17) is 10.2 Å². The largest absolute Gasteiger partial charge is 0.425 e. The van der Waals surface area contributed by atoms with E-state index in [0.717, 1.165) is 0 Å². The topological polar surface area (TPSA) is 64.9 Å². The molecule has 1 heterocycles. The highest BCUT2D eigenvalue weighted by atomic mass is 16.4. The first kappa shape index (κ1) is 9.19. The Balaban J connectivity index is 2.64. The van der Waals surface area contributed by atoms with E-state index < -0.39 is 0 Å². The second-order valence-corrected chi connectivity index (χ2v) is 3.37. The summed E-state index contributed by atoms with van der Waals surface area (Å²) in [6.45, 7) is 5.95. The van der Waals surface area contributed by atoms with Crippen LogP contribution in [0.15, 0.2) is 4.42 Å². The van der Waals surface area contributed by atoms with E-state index in [9.17, 15) is 0 Å². The predicted molar refractivity (Wildman–Crippen MR) is 45.7 cm³/mol. The van der Waals surface area contributed by atoms with Crippen molar-refractivity contribution in [2.75, 3.05) is 0 Å². The van der Waals surface area contributed by atoms with Crippen molar-refractivity contribution in [1.29, 1.82) is 0 Å². The van der Waals surface area contributed by atoms with Crippen molar-refractivity contribution in [1.82, 2.24) is 10.2 Å². The van der Waals surface area contributed by atoms with Gasteiger partial charge in [-0.1, -0.05) is 13.8 Å². The Morgan fingerprint density at radius 2 is 2.00 bits per heavy atom. The molecule has 1 aromatic heterocycles. The predicted octanol–water partition coefficient (Wildman–Crippen LogP) is 1.08. The lowest BCUT2D eigenvalue weighted by molar-refractivity contribution is 0.423. The Morgan fingerprint density at radius 1 is 1.33 bits per heavy atom. The van der Waals surface area contributed by atoms with E-state index in [-0.39, 0.29) is 6.04 Å². The van der Waals surface area contributed by atoms with Gasteiger partial charge < -0.3 is 10.2 Å². The van der Waals surface area contributed by atoms with Crippen molar-refractivity contribution in [2.45, 2.75) is 39.2 Å². The zero-order valence-corrected chi connectivity index (χ0v) is 7.74. The quantitative estimate of drug-likeness (QED) is 0.735. The van der Waals surface area contributed by atoms with Gasteiger partial charge in [-0.25, -0.2) is 0 Å². The van der Waals surface area contributed by atoms with E-state index in [1.54, 1.807) is 0 Å². The third kappa shape index (κ3) is 2.30. The number of nitrogens with zero attached hydrogens (tertiary/aromatic N) is 2. The van der Waals surface area contributed by atoms with E-state index >= 15 is 0 Å².